The molecule has 0 saturated heterocycles. The molecule has 0 saturated carbocycles. The third kappa shape index (κ3) is 8.12. The third-order valence-corrected chi connectivity index (χ3v) is 4.91. The highest BCUT2D eigenvalue weighted by Gasteiger charge is 2.47. The summed E-state index contributed by atoms with van der Waals surface area (Å²) in [6, 6.07) is 14.0. The Hall–Kier alpha value is -2.66. The summed E-state index contributed by atoms with van der Waals surface area (Å²) in [5.74, 6) is -2.76. The zero-order chi connectivity index (χ0) is 23.9. The minimum atomic E-state index is -5.48. The molecular formula is C20H15ClF5NO4S. The smallest absolute Gasteiger partial charge is 0.443 e. The van der Waals surface area contributed by atoms with E-state index in [2.05, 4.69) is 9.73 Å². The molecule has 1 amide bonds. The van der Waals surface area contributed by atoms with Gasteiger partial charge < -0.3 is 9.47 Å². The number of amides is 1. The van der Waals surface area contributed by atoms with Crippen LogP contribution in [0.1, 0.15) is 11.1 Å². The van der Waals surface area contributed by atoms with Crippen LogP contribution >= 0.6 is 23.4 Å². The van der Waals surface area contributed by atoms with Gasteiger partial charge in [0, 0.05) is 4.90 Å². The number of hydrogen-bond acceptors (Lipinski definition) is 5. The summed E-state index contributed by atoms with van der Waals surface area (Å²) < 4.78 is 75.1. The van der Waals surface area contributed by atoms with E-state index in [-0.39, 0.29) is 23.3 Å². The van der Waals surface area contributed by atoms with Crippen molar-refractivity contribution in [1.29, 1.82) is 0 Å². The van der Waals surface area contributed by atoms with Gasteiger partial charge in [-0.3, -0.25) is 0 Å². The average molecular weight is 496 g/mol. The van der Waals surface area contributed by atoms with E-state index in [1.165, 1.54) is 12.1 Å². The number of rotatable bonds is 7. The quantitative estimate of drug-likeness (QED) is 0.115. The maximum absolute atomic E-state index is 14.0. The molecular weight excluding hydrogens is 481 g/mol. The molecule has 12 heteroatoms. The van der Waals surface area contributed by atoms with Gasteiger partial charge in [0.15, 0.2) is 11.1 Å². The van der Waals surface area contributed by atoms with Crippen molar-refractivity contribution in [2.24, 2.45) is 4.99 Å². The molecule has 0 unspecified atom stereocenters. The first-order valence-electron chi connectivity index (χ1n) is 8.74. The predicted molar refractivity (Wildman–Crippen MR) is 108 cm³/mol. The maximum Gasteiger partial charge on any atom is 0.490 e. The zero-order valence-corrected chi connectivity index (χ0v) is 17.8. The number of aryl methyl sites for hydroxylation is 1. The SMILES string of the molecule is Cc1ccc(S[C@@H](OC(=O)C(F)(F)F)/C(=N/C(=O)OCc2ccccc2)C(F)(F)Cl)cc1. The minimum absolute atomic E-state index is 0.154. The number of benzene rings is 2. The standard InChI is InChI=1S/C20H15ClF5NO4S/c1-12-7-9-14(10-8-12)32-16(31-17(28)20(24,25)26)15(19(21,22)23)27-18(29)30-11-13-5-3-2-4-6-13/h2-10,16H,11H2,1H3/b27-15-/t16-/m1/s1. The minimum Gasteiger partial charge on any atom is -0.443 e. The van der Waals surface area contributed by atoms with E-state index in [1.807, 2.05) is 0 Å². The molecule has 32 heavy (non-hydrogen) atoms. The van der Waals surface area contributed by atoms with Gasteiger partial charge >= 0.3 is 23.6 Å². The summed E-state index contributed by atoms with van der Waals surface area (Å²) in [4.78, 5) is 26.5. The number of ether oxygens (including phenoxy) is 2. The van der Waals surface area contributed by atoms with Gasteiger partial charge in [-0.15, -0.1) is 0 Å². The molecule has 0 radical (unpaired) electrons. The van der Waals surface area contributed by atoms with Gasteiger partial charge in [0.25, 0.3) is 0 Å². The van der Waals surface area contributed by atoms with Crippen LogP contribution in [0.2, 0.25) is 0 Å². The van der Waals surface area contributed by atoms with E-state index in [4.69, 9.17) is 16.3 Å². The lowest BCUT2D eigenvalue weighted by molar-refractivity contribution is -0.199. The van der Waals surface area contributed by atoms with Crippen molar-refractivity contribution in [3.05, 3.63) is 65.7 Å². The number of alkyl halides is 6. The third-order valence-electron chi connectivity index (χ3n) is 3.64. The molecule has 0 N–H and O–H groups in total. The Morgan fingerprint density at radius 1 is 1.03 bits per heavy atom. The van der Waals surface area contributed by atoms with Crippen LogP contribution in [0.3, 0.4) is 0 Å². The van der Waals surface area contributed by atoms with E-state index >= 15 is 0 Å². The molecule has 1 atom stereocenters. The van der Waals surface area contributed by atoms with Crippen molar-refractivity contribution in [2.45, 2.75) is 35.4 Å². The van der Waals surface area contributed by atoms with E-state index in [1.54, 1.807) is 49.4 Å². The second-order valence-corrected chi connectivity index (χ2v) is 7.81. The molecule has 0 aromatic heterocycles. The number of aliphatic imine (C=N–C) groups is 1. The summed E-state index contributed by atoms with van der Waals surface area (Å²) in [6.45, 7) is 1.38. The lowest BCUT2D eigenvalue weighted by Crippen LogP contribution is -2.39. The van der Waals surface area contributed by atoms with Crippen molar-refractivity contribution < 1.29 is 41.0 Å². The van der Waals surface area contributed by atoms with Crippen LogP contribution in [0, 0.1) is 6.92 Å². The number of thioether (sulfide) groups is 1. The highest BCUT2D eigenvalue weighted by atomic mass is 35.5. The van der Waals surface area contributed by atoms with E-state index in [0.29, 0.717) is 5.56 Å². The fourth-order valence-corrected chi connectivity index (χ4v) is 3.33. The van der Waals surface area contributed by atoms with Crippen molar-refractivity contribution in [3.8, 4) is 0 Å². The first kappa shape index (κ1) is 25.6. The Morgan fingerprint density at radius 3 is 2.16 bits per heavy atom. The van der Waals surface area contributed by atoms with Crippen molar-refractivity contribution in [2.75, 3.05) is 0 Å². The largest absolute Gasteiger partial charge is 0.490 e. The fourth-order valence-electron chi connectivity index (χ4n) is 2.14. The zero-order valence-electron chi connectivity index (χ0n) is 16.2. The number of esters is 1. The Kier molecular flexibility index (Phi) is 8.62. The van der Waals surface area contributed by atoms with Gasteiger partial charge in [0.05, 0.1) is 0 Å². The van der Waals surface area contributed by atoms with E-state index in [0.717, 1.165) is 5.56 Å². The predicted octanol–water partition coefficient (Wildman–Crippen LogP) is 6.13. The van der Waals surface area contributed by atoms with E-state index in [9.17, 15) is 31.5 Å². The summed E-state index contributed by atoms with van der Waals surface area (Å²) in [5, 5.41) is -4.43. The van der Waals surface area contributed by atoms with Gasteiger partial charge in [-0.05, 0) is 36.2 Å². The second-order valence-electron chi connectivity index (χ2n) is 6.20. The summed E-state index contributed by atoms with van der Waals surface area (Å²) in [7, 11) is 0. The average Bonchev–Trinajstić information content (AvgIpc) is 2.71. The highest BCUT2D eigenvalue weighted by Crippen LogP contribution is 2.34. The van der Waals surface area contributed by atoms with Crippen LogP contribution < -0.4 is 0 Å². The van der Waals surface area contributed by atoms with Crippen molar-refractivity contribution in [1.82, 2.24) is 0 Å². The molecule has 0 aliphatic rings. The van der Waals surface area contributed by atoms with Crippen LogP contribution in [0.25, 0.3) is 0 Å². The van der Waals surface area contributed by atoms with Gasteiger partial charge in [-0.2, -0.15) is 26.9 Å². The molecule has 0 bridgehead atoms. The van der Waals surface area contributed by atoms with Gasteiger partial charge in [-0.1, -0.05) is 59.8 Å². The molecule has 5 nitrogen and oxygen atoms in total. The van der Waals surface area contributed by atoms with E-state index < -0.39 is 34.8 Å². The number of hydrogen-bond donors (Lipinski definition) is 0. The molecule has 2 rings (SSSR count). The van der Waals surface area contributed by atoms with Gasteiger partial charge in [-0.25, -0.2) is 9.59 Å². The maximum atomic E-state index is 14.0. The Labute approximate surface area is 188 Å². The van der Waals surface area contributed by atoms with Gasteiger partial charge in [0.1, 0.15) is 6.61 Å². The van der Waals surface area contributed by atoms with Gasteiger partial charge in [0.2, 0.25) is 0 Å². The topological polar surface area (TPSA) is 65.0 Å². The molecule has 0 heterocycles. The molecule has 2 aromatic rings. The van der Waals surface area contributed by atoms with Crippen LogP contribution in [-0.4, -0.2) is 34.8 Å². The van der Waals surface area contributed by atoms with Crippen molar-refractivity contribution in [3.63, 3.8) is 0 Å². The fraction of sp³-hybridized carbons (Fsp3) is 0.250. The first-order valence-corrected chi connectivity index (χ1v) is 9.99. The van der Waals surface area contributed by atoms with Crippen LogP contribution in [0.15, 0.2) is 64.5 Å². The van der Waals surface area contributed by atoms with Crippen LogP contribution in [-0.2, 0) is 20.9 Å². The van der Waals surface area contributed by atoms with Crippen LogP contribution in [0.5, 0.6) is 0 Å². The number of nitrogens with zero attached hydrogens (tertiary/aromatic N) is 1. The molecule has 0 aliphatic heterocycles. The molecule has 172 valence electrons. The Morgan fingerprint density at radius 2 is 1.62 bits per heavy atom. The molecule has 0 spiro atoms. The second kappa shape index (κ2) is 10.8. The highest BCUT2D eigenvalue weighted by molar-refractivity contribution is 8.00. The Bertz CT molecular complexity index is 963. The summed E-state index contributed by atoms with van der Waals surface area (Å²) in [5.41, 5.74) is -2.72. The lowest BCUT2D eigenvalue weighted by Gasteiger charge is -2.22. The normalized spacial score (nSPS) is 13.4. The molecule has 0 aliphatic carbocycles. The summed E-state index contributed by atoms with van der Waals surface area (Å²) >= 11 is 5.27. The van der Waals surface area contributed by atoms with Crippen LogP contribution in [0.4, 0.5) is 26.7 Å². The summed E-state index contributed by atoms with van der Waals surface area (Å²) in [6.07, 6.45) is -7.03. The van der Waals surface area contributed by atoms with Crippen molar-refractivity contribution >= 4 is 41.1 Å². The lowest BCUT2D eigenvalue weighted by atomic mass is 10.2. The number of carbonyl (C=O) groups is 2. The Balaban J connectivity index is 2.33. The number of carbonyl (C=O) groups excluding carboxylic acids is 2. The number of halogens is 6. The first-order chi connectivity index (χ1) is 14.9. The molecule has 2 aromatic carbocycles. The monoisotopic (exact) mass is 495 g/mol. The molecule has 0 fully saturated rings.